The fourth-order valence-electron chi connectivity index (χ4n) is 3.30. The molecule has 2 aromatic rings. The van der Waals surface area contributed by atoms with Crippen LogP contribution in [0.1, 0.15) is 18.4 Å². The molecular weight excluding hydrogens is 387 g/mol. The van der Waals surface area contributed by atoms with E-state index >= 15 is 0 Å². The number of piperazine rings is 1. The highest BCUT2D eigenvalue weighted by Gasteiger charge is 2.17. The molecule has 1 aliphatic heterocycles. The molecule has 0 radical (unpaired) electrons. The number of benzene rings is 1. The van der Waals surface area contributed by atoms with E-state index in [0.29, 0.717) is 11.6 Å². The highest BCUT2D eigenvalue weighted by molar-refractivity contribution is 6.35. The standard InChI is InChI=1S/C19H24Cl2N4O2/c20-16-4-3-15(17(21)13-16)14-24-11-9-23(10-12-24)6-1-2-7-25-8-5-18(26)22-19(25)27/h3-5,8,13H,1-2,6-7,9-12,14H2,(H,22,26,27). The van der Waals surface area contributed by atoms with Crippen LogP contribution in [0.5, 0.6) is 0 Å². The van der Waals surface area contributed by atoms with E-state index in [1.54, 1.807) is 16.8 Å². The molecule has 0 unspecified atom stereocenters. The first-order valence-corrected chi connectivity index (χ1v) is 9.95. The van der Waals surface area contributed by atoms with Gasteiger partial charge in [-0.25, -0.2) is 4.79 Å². The molecule has 1 aromatic heterocycles. The zero-order valence-electron chi connectivity index (χ0n) is 15.2. The molecule has 0 atom stereocenters. The van der Waals surface area contributed by atoms with Crippen molar-refractivity contribution in [2.24, 2.45) is 0 Å². The predicted octanol–water partition coefficient (Wildman–Crippen LogP) is 2.44. The van der Waals surface area contributed by atoms with Gasteiger partial charge in [-0.2, -0.15) is 0 Å². The molecule has 1 saturated heterocycles. The van der Waals surface area contributed by atoms with Crippen LogP contribution in [-0.2, 0) is 13.1 Å². The number of H-pyrrole nitrogens is 1. The van der Waals surface area contributed by atoms with Gasteiger partial charge in [-0.15, -0.1) is 0 Å². The molecule has 0 aliphatic carbocycles. The van der Waals surface area contributed by atoms with Gasteiger partial charge in [0.05, 0.1) is 0 Å². The van der Waals surface area contributed by atoms with Gasteiger partial charge < -0.3 is 9.47 Å². The topological polar surface area (TPSA) is 61.3 Å². The van der Waals surface area contributed by atoms with E-state index in [9.17, 15) is 9.59 Å². The van der Waals surface area contributed by atoms with Crippen LogP contribution in [0.15, 0.2) is 40.1 Å². The Morgan fingerprint density at radius 2 is 1.63 bits per heavy atom. The van der Waals surface area contributed by atoms with Crippen molar-refractivity contribution < 1.29 is 0 Å². The Kier molecular flexibility index (Phi) is 7.13. The molecule has 1 N–H and O–H groups in total. The summed E-state index contributed by atoms with van der Waals surface area (Å²) in [5, 5.41) is 1.39. The van der Waals surface area contributed by atoms with Crippen LogP contribution in [0.4, 0.5) is 0 Å². The third kappa shape index (κ3) is 5.94. The van der Waals surface area contributed by atoms with Gasteiger partial charge >= 0.3 is 5.69 Å². The van der Waals surface area contributed by atoms with Gasteiger partial charge in [0, 0.05) is 61.6 Å². The smallest absolute Gasteiger partial charge is 0.301 e. The molecule has 0 amide bonds. The first-order chi connectivity index (χ1) is 13.0. The number of halogens is 2. The summed E-state index contributed by atoms with van der Waals surface area (Å²) in [7, 11) is 0. The van der Waals surface area contributed by atoms with Crippen LogP contribution in [0.2, 0.25) is 10.0 Å². The maximum atomic E-state index is 11.6. The molecule has 8 heteroatoms. The lowest BCUT2D eigenvalue weighted by Gasteiger charge is -2.34. The fraction of sp³-hybridized carbons (Fsp3) is 0.474. The SMILES string of the molecule is O=c1ccn(CCCCN2CCN(Cc3ccc(Cl)cc3Cl)CC2)c(=O)[nH]1. The molecule has 0 saturated carbocycles. The Morgan fingerprint density at radius 1 is 0.926 bits per heavy atom. The average molecular weight is 411 g/mol. The van der Waals surface area contributed by atoms with Gasteiger partial charge in [0.15, 0.2) is 0 Å². The molecule has 146 valence electrons. The summed E-state index contributed by atoms with van der Waals surface area (Å²) in [6.45, 7) is 6.58. The molecule has 6 nitrogen and oxygen atoms in total. The second kappa shape index (κ2) is 9.55. The normalized spacial score (nSPS) is 15.9. The summed E-state index contributed by atoms with van der Waals surface area (Å²) < 4.78 is 1.55. The average Bonchev–Trinajstić information content (AvgIpc) is 2.64. The second-order valence-electron chi connectivity index (χ2n) is 6.86. The van der Waals surface area contributed by atoms with E-state index in [1.807, 2.05) is 12.1 Å². The highest BCUT2D eigenvalue weighted by Crippen LogP contribution is 2.22. The molecule has 1 fully saturated rings. The van der Waals surface area contributed by atoms with Crippen molar-refractivity contribution >= 4 is 23.2 Å². The number of aryl methyl sites for hydroxylation is 1. The number of aromatic amines is 1. The number of nitrogens with zero attached hydrogens (tertiary/aromatic N) is 3. The zero-order chi connectivity index (χ0) is 19.2. The van der Waals surface area contributed by atoms with Gasteiger partial charge in [0.1, 0.15) is 0 Å². The summed E-state index contributed by atoms with van der Waals surface area (Å²) in [5.41, 5.74) is 0.423. The number of hydrogen-bond donors (Lipinski definition) is 1. The van der Waals surface area contributed by atoms with Crippen molar-refractivity contribution in [1.82, 2.24) is 19.4 Å². The number of nitrogens with one attached hydrogen (secondary N) is 1. The Hall–Kier alpha value is -1.60. The van der Waals surface area contributed by atoms with E-state index in [4.69, 9.17) is 23.2 Å². The maximum Gasteiger partial charge on any atom is 0.328 e. The molecule has 1 aromatic carbocycles. The van der Waals surface area contributed by atoms with Crippen LogP contribution in [0, 0.1) is 0 Å². The number of aromatic nitrogens is 2. The van der Waals surface area contributed by atoms with Crippen molar-refractivity contribution in [2.75, 3.05) is 32.7 Å². The van der Waals surface area contributed by atoms with Crippen molar-refractivity contribution in [3.8, 4) is 0 Å². The lowest BCUT2D eigenvalue weighted by Crippen LogP contribution is -2.46. The Balaban J connectivity index is 1.37. The van der Waals surface area contributed by atoms with Crippen molar-refractivity contribution in [3.63, 3.8) is 0 Å². The molecule has 2 heterocycles. The number of unbranched alkanes of at least 4 members (excludes halogenated alkanes) is 1. The van der Waals surface area contributed by atoms with Crippen LogP contribution in [-0.4, -0.2) is 52.1 Å². The molecular formula is C19H24Cl2N4O2. The lowest BCUT2D eigenvalue weighted by atomic mass is 10.2. The van der Waals surface area contributed by atoms with Crippen LogP contribution in [0.25, 0.3) is 0 Å². The van der Waals surface area contributed by atoms with E-state index < -0.39 is 0 Å². The summed E-state index contributed by atoms with van der Waals surface area (Å²) in [6.07, 6.45) is 3.49. The number of hydrogen-bond acceptors (Lipinski definition) is 4. The minimum atomic E-state index is -0.353. The Bertz CT molecular complexity index is 872. The van der Waals surface area contributed by atoms with Crippen LogP contribution < -0.4 is 11.2 Å². The van der Waals surface area contributed by atoms with E-state index in [-0.39, 0.29) is 11.2 Å². The molecule has 0 spiro atoms. The molecule has 27 heavy (non-hydrogen) atoms. The summed E-state index contributed by atoms with van der Waals surface area (Å²) >= 11 is 12.2. The highest BCUT2D eigenvalue weighted by atomic mass is 35.5. The molecule has 3 rings (SSSR count). The van der Waals surface area contributed by atoms with Crippen molar-refractivity contribution in [2.45, 2.75) is 25.9 Å². The van der Waals surface area contributed by atoms with Crippen LogP contribution in [0.3, 0.4) is 0 Å². The lowest BCUT2D eigenvalue weighted by molar-refractivity contribution is 0.125. The first kappa shape index (κ1) is 20.1. The predicted molar refractivity (Wildman–Crippen MR) is 109 cm³/mol. The van der Waals surface area contributed by atoms with Gasteiger partial charge in [-0.1, -0.05) is 29.3 Å². The van der Waals surface area contributed by atoms with E-state index in [1.165, 1.54) is 6.07 Å². The Labute approximate surface area is 168 Å². The quantitative estimate of drug-likeness (QED) is 0.712. The van der Waals surface area contributed by atoms with Crippen LogP contribution >= 0.6 is 23.2 Å². The minimum Gasteiger partial charge on any atom is -0.301 e. The Morgan fingerprint density at radius 3 is 2.33 bits per heavy atom. The largest absolute Gasteiger partial charge is 0.328 e. The van der Waals surface area contributed by atoms with E-state index in [2.05, 4.69) is 14.8 Å². The number of rotatable bonds is 7. The fourth-order valence-corrected chi connectivity index (χ4v) is 3.77. The van der Waals surface area contributed by atoms with E-state index in [0.717, 1.165) is 62.7 Å². The monoisotopic (exact) mass is 410 g/mol. The van der Waals surface area contributed by atoms with Crippen molar-refractivity contribution in [3.05, 3.63) is 66.9 Å². The summed E-state index contributed by atoms with van der Waals surface area (Å²) in [4.78, 5) is 29.8. The third-order valence-corrected chi connectivity index (χ3v) is 5.48. The summed E-state index contributed by atoms with van der Waals surface area (Å²) in [6, 6.07) is 7.05. The van der Waals surface area contributed by atoms with Crippen molar-refractivity contribution in [1.29, 1.82) is 0 Å². The zero-order valence-corrected chi connectivity index (χ0v) is 16.7. The van der Waals surface area contributed by atoms with Gasteiger partial charge in [0.2, 0.25) is 0 Å². The molecule has 1 aliphatic rings. The maximum absolute atomic E-state index is 11.6. The van der Waals surface area contributed by atoms with Gasteiger partial charge in [-0.3, -0.25) is 14.7 Å². The minimum absolute atomic E-state index is 0.336. The summed E-state index contributed by atoms with van der Waals surface area (Å²) in [5.74, 6) is 0. The van der Waals surface area contributed by atoms with Gasteiger partial charge in [-0.05, 0) is 37.1 Å². The second-order valence-corrected chi connectivity index (χ2v) is 7.71. The third-order valence-electron chi connectivity index (χ3n) is 4.89. The molecule has 0 bridgehead atoms. The first-order valence-electron chi connectivity index (χ1n) is 9.20. The van der Waals surface area contributed by atoms with Gasteiger partial charge in [0.25, 0.3) is 5.56 Å².